The predicted molar refractivity (Wildman–Crippen MR) is 149 cm³/mol. The summed E-state index contributed by atoms with van der Waals surface area (Å²) in [4.78, 5) is 20.5. The van der Waals surface area contributed by atoms with Gasteiger partial charge in [0.2, 0.25) is 0 Å². The van der Waals surface area contributed by atoms with Crippen LogP contribution in [0.1, 0.15) is 50.3 Å². The maximum atomic E-state index is 14.3. The highest BCUT2D eigenvalue weighted by Gasteiger charge is 2.54. The minimum absolute atomic E-state index is 0.161. The summed E-state index contributed by atoms with van der Waals surface area (Å²) < 4.78 is 14.3. The molecule has 0 saturated carbocycles. The molecule has 0 spiro atoms. The largest absolute Gasteiger partial charge is 0.379 e. The number of nitrogens with zero attached hydrogens (tertiary/aromatic N) is 5. The van der Waals surface area contributed by atoms with Crippen LogP contribution in [-0.2, 0) is 28.8 Å². The number of benzene rings is 2. The smallest absolute Gasteiger partial charge is 0.257 e. The predicted octanol–water partition coefficient (Wildman–Crippen LogP) is 5.06. The van der Waals surface area contributed by atoms with E-state index in [2.05, 4.69) is 22.7 Å². The van der Waals surface area contributed by atoms with Gasteiger partial charge in [0.25, 0.3) is 5.91 Å². The molecule has 2 aliphatic rings. The number of ether oxygens (including phenoxy) is 2. The molecule has 2 atom stereocenters. The number of carbonyl (C=O) groups excluding carboxylic acids is 1. The summed E-state index contributed by atoms with van der Waals surface area (Å²) in [5.41, 5.74) is 4.28. The number of aryl methyl sites for hydroxylation is 1. The standard InChI is InChI=1S/C31H26ClN5O3/c1-20(23-16-35-36(2)17-23)22-4-10-29-28(13-22)30(38)37(18-26-9-3-21(14-33)15-34-26)31(29,40-27-11-12-39-19-27)24-5-7-25(32)8-6-24/h3-10,13,15-17,27H,1,11-12,18-19H2,2H3/t27-,31+/m0/s1. The van der Waals surface area contributed by atoms with E-state index in [0.717, 1.165) is 27.8 Å². The maximum Gasteiger partial charge on any atom is 0.257 e. The van der Waals surface area contributed by atoms with Crippen molar-refractivity contribution in [3.05, 3.63) is 124 Å². The van der Waals surface area contributed by atoms with Crippen molar-refractivity contribution in [2.24, 2.45) is 7.05 Å². The summed E-state index contributed by atoms with van der Waals surface area (Å²) in [6.07, 6.45) is 5.63. The first-order chi connectivity index (χ1) is 19.4. The second-order valence-corrected chi connectivity index (χ2v) is 10.4. The first kappa shape index (κ1) is 26.0. The van der Waals surface area contributed by atoms with Crippen LogP contribution in [0, 0.1) is 11.3 Å². The highest BCUT2D eigenvalue weighted by Crippen LogP contribution is 2.48. The van der Waals surface area contributed by atoms with Crippen LogP contribution in [0.5, 0.6) is 0 Å². The number of halogens is 1. The average Bonchev–Trinajstić information content (AvgIpc) is 3.70. The van der Waals surface area contributed by atoms with Gasteiger partial charge in [-0.15, -0.1) is 0 Å². The molecule has 0 aliphatic carbocycles. The zero-order chi connectivity index (χ0) is 27.9. The summed E-state index contributed by atoms with van der Waals surface area (Å²) in [6, 6.07) is 18.7. The first-order valence-corrected chi connectivity index (χ1v) is 13.3. The summed E-state index contributed by atoms with van der Waals surface area (Å²) in [5, 5.41) is 14.1. The second-order valence-electron chi connectivity index (χ2n) is 9.94. The van der Waals surface area contributed by atoms with Crippen molar-refractivity contribution in [1.29, 1.82) is 5.26 Å². The zero-order valence-corrected chi connectivity index (χ0v) is 22.6. The number of hydrogen-bond donors (Lipinski definition) is 0. The summed E-state index contributed by atoms with van der Waals surface area (Å²) >= 11 is 6.28. The summed E-state index contributed by atoms with van der Waals surface area (Å²) in [5.74, 6) is -0.198. The number of rotatable bonds is 7. The van der Waals surface area contributed by atoms with E-state index in [1.54, 1.807) is 40.0 Å². The zero-order valence-electron chi connectivity index (χ0n) is 21.9. The molecule has 9 heteroatoms. The molecule has 1 saturated heterocycles. The van der Waals surface area contributed by atoms with Gasteiger partial charge in [0.1, 0.15) is 6.07 Å². The lowest BCUT2D eigenvalue weighted by molar-refractivity contribution is -0.147. The molecule has 4 aromatic rings. The van der Waals surface area contributed by atoms with Crippen LogP contribution in [-0.4, -0.2) is 44.9 Å². The Morgan fingerprint density at radius 1 is 1.20 bits per heavy atom. The van der Waals surface area contributed by atoms with E-state index in [9.17, 15) is 10.1 Å². The Bertz CT molecular complexity index is 1630. The third-order valence-electron chi connectivity index (χ3n) is 7.38. The van der Waals surface area contributed by atoms with Crippen molar-refractivity contribution in [2.45, 2.75) is 24.8 Å². The highest BCUT2D eigenvalue weighted by atomic mass is 35.5. The van der Waals surface area contributed by atoms with Crippen LogP contribution in [0.25, 0.3) is 5.57 Å². The number of nitriles is 1. The van der Waals surface area contributed by atoms with Gasteiger partial charge in [-0.05, 0) is 47.9 Å². The fraction of sp³-hybridized carbons (Fsp3) is 0.226. The molecule has 0 bridgehead atoms. The molecule has 2 aliphatic heterocycles. The van der Waals surface area contributed by atoms with Gasteiger partial charge in [-0.25, -0.2) is 0 Å². The van der Waals surface area contributed by atoms with Gasteiger partial charge in [-0.2, -0.15) is 10.4 Å². The Labute approximate surface area is 237 Å². The number of fused-ring (bicyclic) bond motifs is 1. The topological polar surface area (TPSA) is 93.3 Å². The first-order valence-electron chi connectivity index (χ1n) is 12.9. The van der Waals surface area contributed by atoms with Gasteiger partial charge in [0, 0.05) is 53.3 Å². The Balaban J connectivity index is 1.51. The number of pyridine rings is 1. The molecular weight excluding hydrogens is 526 g/mol. The van der Waals surface area contributed by atoms with Gasteiger partial charge < -0.3 is 9.47 Å². The van der Waals surface area contributed by atoms with Crippen LogP contribution < -0.4 is 0 Å². The maximum absolute atomic E-state index is 14.3. The van der Waals surface area contributed by atoms with Gasteiger partial charge in [0.15, 0.2) is 5.72 Å². The Kier molecular flexibility index (Phi) is 6.72. The van der Waals surface area contributed by atoms with Crippen LogP contribution in [0.2, 0.25) is 5.02 Å². The monoisotopic (exact) mass is 551 g/mol. The molecule has 200 valence electrons. The van der Waals surface area contributed by atoms with E-state index in [-0.39, 0.29) is 18.6 Å². The molecule has 0 unspecified atom stereocenters. The molecule has 2 aromatic carbocycles. The average molecular weight is 552 g/mol. The van der Waals surface area contributed by atoms with Crippen molar-refractivity contribution in [1.82, 2.24) is 19.7 Å². The number of carbonyl (C=O) groups is 1. The third-order valence-corrected chi connectivity index (χ3v) is 7.63. The molecule has 40 heavy (non-hydrogen) atoms. The molecule has 0 radical (unpaired) electrons. The lowest BCUT2D eigenvalue weighted by atomic mass is 9.90. The van der Waals surface area contributed by atoms with E-state index in [1.807, 2.05) is 43.6 Å². The summed E-state index contributed by atoms with van der Waals surface area (Å²) in [7, 11) is 1.85. The second kappa shape index (κ2) is 10.4. The van der Waals surface area contributed by atoms with E-state index in [4.69, 9.17) is 21.1 Å². The number of hydrogen-bond acceptors (Lipinski definition) is 6. The van der Waals surface area contributed by atoms with Gasteiger partial charge >= 0.3 is 0 Å². The molecule has 0 N–H and O–H groups in total. The molecule has 1 amide bonds. The molecule has 6 rings (SSSR count). The van der Waals surface area contributed by atoms with E-state index in [0.29, 0.717) is 41.5 Å². The van der Waals surface area contributed by atoms with Crippen molar-refractivity contribution >= 4 is 23.1 Å². The van der Waals surface area contributed by atoms with Crippen LogP contribution >= 0.6 is 11.6 Å². The lowest BCUT2D eigenvalue weighted by Crippen LogP contribution is -2.48. The fourth-order valence-corrected chi connectivity index (χ4v) is 5.47. The third kappa shape index (κ3) is 4.48. The Morgan fingerprint density at radius 2 is 2.02 bits per heavy atom. The van der Waals surface area contributed by atoms with E-state index in [1.165, 1.54) is 6.20 Å². The SMILES string of the molecule is C=C(c1ccc2c(c1)C(=O)N(Cc1ccc(C#N)cn1)[C@@]2(O[C@H]1CCOC1)c1ccc(Cl)cc1)c1cnn(C)c1. The highest BCUT2D eigenvalue weighted by molar-refractivity contribution is 6.30. The fourth-order valence-electron chi connectivity index (χ4n) is 5.34. The van der Waals surface area contributed by atoms with E-state index < -0.39 is 5.72 Å². The minimum Gasteiger partial charge on any atom is -0.379 e. The molecule has 2 aromatic heterocycles. The lowest BCUT2D eigenvalue weighted by Gasteiger charge is -2.41. The number of amides is 1. The van der Waals surface area contributed by atoms with Crippen molar-refractivity contribution in [3.63, 3.8) is 0 Å². The van der Waals surface area contributed by atoms with Gasteiger partial charge in [-0.1, -0.05) is 42.4 Å². The van der Waals surface area contributed by atoms with Gasteiger partial charge in [-0.3, -0.25) is 19.4 Å². The van der Waals surface area contributed by atoms with Crippen molar-refractivity contribution in [2.75, 3.05) is 13.2 Å². The Hall–Kier alpha value is -4.29. The van der Waals surface area contributed by atoms with Crippen LogP contribution in [0.3, 0.4) is 0 Å². The van der Waals surface area contributed by atoms with Crippen molar-refractivity contribution in [3.8, 4) is 6.07 Å². The summed E-state index contributed by atoms with van der Waals surface area (Å²) in [6.45, 7) is 5.45. The quantitative estimate of drug-likeness (QED) is 0.318. The Morgan fingerprint density at radius 3 is 2.67 bits per heavy atom. The molecule has 1 fully saturated rings. The number of aromatic nitrogens is 3. The molecule has 8 nitrogen and oxygen atoms in total. The molecular formula is C31H26ClN5O3. The molecule has 4 heterocycles. The normalized spacial score (nSPS) is 20.0. The van der Waals surface area contributed by atoms with Crippen molar-refractivity contribution < 1.29 is 14.3 Å². The van der Waals surface area contributed by atoms with Crippen LogP contribution in [0.15, 0.2) is 79.8 Å². The van der Waals surface area contributed by atoms with Gasteiger partial charge in [0.05, 0.1) is 36.7 Å². The van der Waals surface area contributed by atoms with Crippen LogP contribution in [0.4, 0.5) is 0 Å². The minimum atomic E-state index is -1.25. The van der Waals surface area contributed by atoms with E-state index >= 15 is 0 Å².